The fourth-order valence-electron chi connectivity index (χ4n) is 5.37. The highest BCUT2D eigenvalue weighted by Crippen LogP contribution is 2.34. The molecule has 8 heteroatoms. The number of hydrogen-bond acceptors (Lipinski definition) is 4. The minimum absolute atomic E-state index is 0.0182. The lowest BCUT2D eigenvalue weighted by Gasteiger charge is -2.31. The lowest BCUT2D eigenvalue weighted by molar-refractivity contribution is -0.138. The predicted molar refractivity (Wildman–Crippen MR) is 129 cm³/mol. The Hall–Kier alpha value is -3.52. The van der Waals surface area contributed by atoms with Crippen molar-refractivity contribution in [3.63, 3.8) is 0 Å². The smallest absolute Gasteiger partial charge is 0.317 e. The van der Waals surface area contributed by atoms with Crippen LogP contribution in [0.4, 0.5) is 4.39 Å². The Labute approximate surface area is 203 Å². The molecule has 35 heavy (non-hydrogen) atoms. The van der Waals surface area contributed by atoms with Crippen LogP contribution in [0.25, 0.3) is 5.69 Å². The summed E-state index contributed by atoms with van der Waals surface area (Å²) >= 11 is 0. The van der Waals surface area contributed by atoms with Gasteiger partial charge in [-0.15, -0.1) is 0 Å². The Morgan fingerprint density at radius 2 is 1.63 bits per heavy atom. The Morgan fingerprint density at radius 1 is 0.943 bits per heavy atom. The van der Waals surface area contributed by atoms with Crippen molar-refractivity contribution in [2.24, 2.45) is 0 Å². The van der Waals surface area contributed by atoms with E-state index in [1.807, 2.05) is 28.0 Å². The molecule has 2 aromatic carbocycles. The van der Waals surface area contributed by atoms with Crippen LogP contribution >= 0.6 is 0 Å². The van der Waals surface area contributed by atoms with Crippen molar-refractivity contribution in [2.75, 3.05) is 32.7 Å². The van der Waals surface area contributed by atoms with Gasteiger partial charge < -0.3 is 10.0 Å². The van der Waals surface area contributed by atoms with Crippen LogP contribution in [-0.2, 0) is 4.79 Å². The molecule has 1 N–H and O–H groups in total. The van der Waals surface area contributed by atoms with E-state index in [2.05, 4.69) is 17.2 Å². The first kappa shape index (κ1) is 23.2. The summed E-state index contributed by atoms with van der Waals surface area (Å²) in [5.74, 6) is -0.823. The van der Waals surface area contributed by atoms with Crippen molar-refractivity contribution >= 4 is 11.9 Å². The lowest BCUT2D eigenvalue weighted by Crippen LogP contribution is -2.37. The molecule has 0 radical (unpaired) electrons. The minimum atomic E-state index is -0.835. The van der Waals surface area contributed by atoms with Crippen molar-refractivity contribution in [1.29, 1.82) is 0 Å². The molecule has 1 amide bonds. The molecule has 2 aliphatic heterocycles. The van der Waals surface area contributed by atoms with Gasteiger partial charge in [0.2, 0.25) is 0 Å². The molecule has 3 heterocycles. The molecule has 2 fully saturated rings. The number of carboxylic acids is 1. The fourth-order valence-corrected chi connectivity index (χ4v) is 5.37. The van der Waals surface area contributed by atoms with E-state index in [1.54, 1.807) is 23.0 Å². The van der Waals surface area contributed by atoms with Crippen LogP contribution in [0.5, 0.6) is 0 Å². The molecule has 5 rings (SSSR count). The second kappa shape index (κ2) is 10.00. The van der Waals surface area contributed by atoms with Gasteiger partial charge in [-0.2, -0.15) is 5.10 Å². The number of carbonyl (C=O) groups is 2. The Balaban J connectivity index is 1.42. The fraction of sp³-hybridized carbons (Fsp3) is 0.370. The summed E-state index contributed by atoms with van der Waals surface area (Å²) in [5.41, 5.74) is 3.37. The van der Waals surface area contributed by atoms with Crippen molar-refractivity contribution in [2.45, 2.75) is 31.1 Å². The van der Waals surface area contributed by atoms with Crippen LogP contribution in [-0.4, -0.2) is 69.3 Å². The van der Waals surface area contributed by atoms with Crippen LogP contribution in [0.2, 0.25) is 0 Å². The first-order valence-corrected chi connectivity index (χ1v) is 12.1. The van der Waals surface area contributed by atoms with E-state index < -0.39 is 5.97 Å². The molecular weight excluding hydrogens is 447 g/mol. The number of aromatic nitrogens is 2. The molecule has 0 saturated carbocycles. The molecule has 7 nitrogen and oxygen atoms in total. The minimum Gasteiger partial charge on any atom is -0.480 e. The first-order valence-electron chi connectivity index (χ1n) is 12.1. The third kappa shape index (κ3) is 4.98. The summed E-state index contributed by atoms with van der Waals surface area (Å²) in [6, 6.07) is 16.4. The van der Waals surface area contributed by atoms with Crippen LogP contribution in [0.3, 0.4) is 0 Å². The first-order chi connectivity index (χ1) is 17.0. The Bertz CT molecular complexity index is 1190. The number of carbonyl (C=O) groups excluding carboxylic acids is 1. The van der Waals surface area contributed by atoms with E-state index in [0.717, 1.165) is 25.0 Å². The average molecular weight is 477 g/mol. The van der Waals surface area contributed by atoms with Gasteiger partial charge in [-0.1, -0.05) is 30.3 Å². The Morgan fingerprint density at radius 3 is 2.31 bits per heavy atom. The highest BCUT2D eigenvalue weighted by atomic mass is 19.1. The highest BCUT2D eigenvalue weighted by Gasteiger charge is 2.34. The second-order valence-corrected chi connectivity index (χ2v) is 9.42. The van der Waals surface area contributed by atoms with Crippen LogP contribution in [0.15, 0.2) is 60.8 Å². The van der Waals surface area contributed by atoms with Crippen LogP contribution in [0.1, 0.15) is 52.7 Å². The molecule has 2 saturated heterocycles. The number of halogens is 1. The van der Waals surface area contributed by atoms with Gasteiger partial charge in [0.25, 0.3) is 5.91 Å². The van der Waals surface area contributed by atoms with Crippen LogP contribution in [0, 0.1) is 5.82 Å². The Kier molecular flexibility index (Phi) is 6.63. The van der Waals surface area contributed by atoms with Crippen molar-refractivity contribution in [3.05, 3.63) is 83.4 Å². The summed E-state index contributed by atoms with van der Waals surface area (Å²) in [4.78, 5) is 28.7. The molecule has 1 aromatic heterocycles. The molecular formula is C27H29FN4O3. The second-order valence-electron chi connectivity index (χ2n) is 9.42. The average Bonchev–Trinajstić information content (AvgIpc) is 3.53. The number of likely N-dealkylation sites (tertiary alicyclic amines) is 2. The molecule has 3 aromatic rings. The predicted octanol–water partition coefficient (Wildman–Crippen LogP) is 3.91. The van der Waals surface area contributed by atoms with Gasteiger partial charge in [0.15, 0.2) is 0 Å². The van der Waals surface area contributed by atoms with Gasteiger partial charge in [0.05, 0.1) is 29.7 Å². The lowest BCUT2D eigenvalue weighted by atomic mass is 9.90. The third-order valence-corrected chi connectivity index (χ3v) is 7.19. The van der Waals surface area contributed by atoms with Gasteiger partial charge in [-0.3, -0.25) is 14.5 Å². The summed E-state index contributed by atoms with van der Waals surface area (Å²) in [6.45, 7) is 2.65. The van der Waals surface area contributed by atoms with Gasteiger partial charge in [0.1, 0.15) is 5.82 Å². The summed E-state index contributed by atoms with van der Waals surface area (Å²) in [5, 5.41) is 13.7. The normalized spacial score (nSPS) is 19.2. The van der Waals surface area contributed by atoms with E-state index in [1.165, 1.54) is 17.7 Å². The van der Waals surface area contributed by atoms with E-state index >= 15 is 0 Å². The molecule has 0 aliphatic carbocycles. The maximum Gasteiger partial charge on any atom is 0.317 e. The molecule has 0 unspecified atom stereocenters. The van der Waals surface area contributed by atoms with E-state index in [0.29, 0.717) is 43.3 Å². The van der Waals surface area contributed by atoms with E-state index in [9.17, 15) is 14.0 Å². The van der Waals surface area contributed by atoms with Gasteiger partial charge in [-0.05, 0) is 62.2 Å². The van der Waals surface area contributed by atoms with Gasteiger partial charge in [0, 0.05) is 24.9 Å². The standard InChI is InChI=1S/C27H29FN4O3/c28-22-6-8-23(9-7-22)32-26(20-10-13-30(14-11-20)18-25(33)34)24(16-29-32)27(35)31-15-12-21(17-31)19-4-2-1-3-5-19/h1-9,16,20-21H,10-15,17-18H2,(H,33,34)/t21-/m0/s1. The number of hydrogen-bond donors (Lipinski definition) is 1. The zero-order valence-electron chi connectivity index (χ0n) is 19.5. The SMILES string of the molecule is O=C(O)CN1CCC(c2c(C(=O)N3CC[C@H](c4ccccc4)C3)cnn2-c2ccc(F)cc2)CC1. The van der Waals surface area contributed by atoms with Gasteiger partial charge >= 0.3 is 5.97 Å². The monoisotopic (exact) mass is 476 g/mol. The van der Waals surface area contributed by atoms with Crippen molar-refractivity contribution in [1.82, 2.24) is 19.6 Å². The van der Waals surface area contributed by atoms with Crippen molar-refractivity contribution < 1.29 is 19.1 Å². The molecule has 182 valence electrons. The third-order valence-electron chi connectivity index (χ3n) is 7.19. The molecule has 2 aliphatic rings. The zero-order valence-corrected chi connectivity index (χ0v) is 19.5. The number of piperidine rings is 1. The molecule has 1 atom stereocenters. The number of nitrogens with zero attached hydrogens (tertiary/aromatic N) is 4. The molecule has 0 bridgehead atoms. The summed E-state index contributed by atoms with van der Waals surface area (Å²) < 4.78 is 15.3. The maximum atomic E-state index is 13.7. The molecule has 0 spiro atoms. The van der Waals surface area contributed by atoms with E-state index in [-0.39, 0.29) is 24.2 Å². The number of benzene rings is 2. The topological polar surface area (TPSA) is 78.7 Å². The summed E-state index contributed by atoms with van der Waals surface area (Å²) in [7, 11) is 0. The maximum absolute atomic E-state index is 13.7. The zero-order chi connectivity index (χ0) is 24.4. The largest absolute Gasteiger partial charge is 0.480 e. The van der Waals surface area contributed by atoms with E-state index in [4.69, 9.17) is 5.11 Å². The van der Waals surface area contributed by atoms with Gasteiger partial charge in [-0.25, -0.2) is 9.07 Å². The highest BCUT2D eigenvalue weighted by molar-refractivity contribution is 5.95. The number of aliphatic carboxylic acids is 1. The number of rotatable bonds is 6. The van der Waals surface area contributed by atoms with Crippen LogP contribution < -0.4 is 0 Å². The quantitative estimate of drug-likeness (QED) is 0.584. The van der Waals surface area contributed by atoms with Crippen molar-refractivity contribution in [3.8, 4) is 5.69 Å². The number of amides is 1. The summed E-state index contributed by atoms with van der Waals surface area (Å²) in [6.07, 6.45) is 4.02. The number of carboxylic acid groups (broad SMARTS) is 1.